The second kappa shape index (κ2) is 6.42. The molecule has 0 heterocycles. The fourth-order valence-electron chi connectivity index (χ4n) is 1.35. The first-order chi connectivity index (χ1) is 7.56. The number of aliphatic hydroxyl groups is 1. The average Bonchev–Trinajstić information content (AvgIpc) is 2.25. The van der Waals surface area contributed by atoms with Gasteiger partial charge in [0.2, 0.25) is 0 Å². The number of aliphatic hydroxyl groups excluding tert-OH is 1. The summed E-state index contributed by atoms with van der Waals surface area (Å²) in [4.78, 5) is 10.6. The summed E-state index contributed by atoms with van der Waals surface area (Å²) in [5.41, 5.74) is 1.54. The van der Waals surface area contributed by atoms with E-state index in [4.69, 9.17) is 16.7 Å². The van der Waals surface area contributed by atoms with Gasteiger partial charge in [0.15, 0.2) is 6.10 Å². The molecule has 2 N–H and O–H groups in total. The smallest absolute Gasteiger partial charge is 0.337 e. The molecule has 0 aliphatic rings. The second-order valence-electron chi connectivity index (χ2n) is 3.39. The van der Waals surface area contributed by atoms with Crippen molar-refractivity contribution in [2.45, 2.75) is 18.9 Å². The first-order valence-corrected chi connectivity index (χ1v) is 6.42. The molecule has 5 heteroatoms. The third-order valence-corrected chi connectivity index (χ3v) is 3.39. The van der Waals surface area contributed by atoms with Crippen LogP contribution in [0.1, 0.15) is 23.7 Å². The largest absolute Gasteiger partial charge is 0.479 e. The number of aliphatic carboxylic acids is 1. The van der Waals surface area contributed by atoms with Gasteiger partial charge in [-0.15, -0.1) is 11.6 Å². The maximum Gasteiger partial charge on any atom is 0.337 e. The van der Waals surface area contributed by atoms with Gasteiger partial charge in [-0.25, -0.2) is 4.79 Å². The molecule has 1 rings (SSSR count). The Balaban J connectivity index is 2.87. The number of carboxylic acid groups (broad SMARTS) is 1. The van der Waals surface area contributed by atoms with Gasteiger partial charge in [-0.3, -0.25) is 0 Å². The molecule has 16 heavy (non-hydrogen) atoms. The molecule has 1 aromatic rings. The summed E-state index contributed by atoms with van der Waals surface area (Å²) >= 11 is 7.62. The molecule has 0 saturated carbocycles. The summed E-state index contributed by atoms with van der Waals surface area (Å²) in [5.74, 6) is -0.623. The number of aryl methyl sites for hydroxylation is 1. The standard InChI is InChI=1S/C11H12ClIO3/c12-5-1-2-7-3-4-8(9(13)6-7)10(14)11(15)16/h3-4,6,10,14H,1-2,5H2,(H,15,16). The van der Waals surface area contributed by atoms with Gasteiger partial charge in [0, 0.05) is 15.0 Å². The lowest BCUT2D eigenvalue weighted by atomic mass is 10.0. The van der Waals surface area contributed by atoms with E-state index >= 15 is 0 Å². The van der Waals surface area contributed by atoms with E-state index in [0.29, 0.717) is 11.4 Å². The first-order valence-electron chi connectivity index (χ1n) is 4.81. The number of carbonyl (C=O) groups is 1. The number of halogens is 2. The summed E-state index contributed by atoms with van der Waals surface area (Å²) in [6.07, 6.45) is 0.301. The van der Waals surface area contributed by atoms with Crippen LogP contribution in [-0.2, 0) is 11.2 Å². The lowest BCUT2D eigenvalue weighted by Gasteiger charge is -2.10. The highest BCUT2D eigenvalue weighted by Crippen LogP contribution is 2.22. The van der Waals surface area contributed by atoms with E-state index in [1.165, 1.54) is 0 Å². The zero-order valence-electron chi connectivity index (χ0n) is 8.49. The molecule has 0 aliphatic carbocycles. The van der Waals surface area contributed by atoms with Crippen LogP contribution in [0, 0.1) is 3.57 Å². The van der Waals surface area contributed by atoms with E-state index in [-0.39, 0.29) is 0 Å². The van der Waals surface area contributed by atoms with E-state index in [0.717, 1.165) is 22.0 Å². The van der Waals surface area contributed by atoms with Crippen LogP contribution in [0.15, 0.2) is 18.2 Å². The van der Waals surface area contributed by atoms with Crippen LogP contribution in [-0.4, -0.2) is 22.1 Å². The minimum atomic E-state index is -1.45. The summed E-state index contributed by atoms with van der Waals surface area (Å²) in [6, 6.07) is 5.37. The van der Waals surface area contributed by atoms with Crippen molar-refractivity contribution in [2.75, 3.05) is 5.88 Å². The highest BCUT2D eigenvalue weighted by molar-refractivity contribution is 14.1. The van der Waals surface area contributed by atoms with Gasteiger partial charge in [0.25, 0.3) is 0 Å². The van der Waals surface area contributed by atoms with E-state index in [2.05, 4.69) is 0 Å². The van der Waals surface area contributed by atoms with Crippen LogP contribution < -0.4 is 0 Å². The van der Waals surface area contributed by atoms with Crippen LogP contribution >= 0.6 is 34.2 Å². The quantitative estimate of drug-likeness (QED) is 0.631. The molecule has 0 radical (unpaired) electrons. The third kappa shape index (κ3) is 3.61. The van der Waals surface area contributed by atoms with Gasteiger partial charge < -0.3 is 10.2 Å². The summed E-state index contributed by atoms with van der Waals surface area (Å²) in [5, 5.41) is 18.1. The van der Waals surface area contributed by atoms with Crippen molar-refractivity contribution in [2.24, 2.45) is 0 Å². The fourth-order valence-corrected chi connectivity index (χ4v) is 2.36. The van der Waals surface area contributed by atoms with Gasteiger partial charge in [0.1, 0.15) is 0 Å². The summed E-state index contributed by atoms with van der Waals surface area (Å²) < 4.78 is 0.763. The number of carboxylic acids is 1. The van der Waals surface area contributed by atoms with Crippen LogP contribution in [0.4, 0.5) is 0 Å². The minimum absolute atomic E-state index is 0.433. The van der Waals surface area contributed by atoms with Gasteiger partial charge in [0.05, 0.1) is 0 Å². The van der Waals surface area contributed by atoms with Crippen LogP contribution in [0.25, 0.3) is 0 Å². The Bertz CT molecular complexity index is 381. The minimum Gasteiger partial charge on any atom is -0.479 e. The van der Waals surface area contributed by atoms with Crippen molar-refractivity contribution in [3.63, 3.8) is 0 Å². The molecular weight excluding hydrogens is 342 g/mol. The van der Waals surface area contributed by atoms with Crippen molar-refractivity contribution in [3.8, 4) is 0 Å². The highest BCUT2D eigenvalue weighted by atomic mass is 127. The predicted molar refractivity (Wildman–Crippen MR) is 70.8 cm³/mol. The molecule has 3 nitrogen and oxygen atoms in total. The number of hydrogen-bond acceptors (Lipinski definition) is 2. The Morgan fingerprint density at radius 3 is 2.69 bits per heavy atom. The van der Waals surface area contributed by atoms with E-state index in [1.807, 2.05) is 34.7 Å². The molecule has 0 saturated heterocycles. The molecule has 0 amide bonds. The maximum absolute atomic E-state index is 10.6. The summed E-state index contributed by atoms with van der Waals surface area (Å²) in [6.45, 7) is 0. The molecule has 0 fully saturated rings. The Hall–Kier alpha value is -0.330. The Kier molecular flexibility index (Phi) is 5.51. The SMILES string of the molecule is O=C(O)C(O)c1ccc(CCCCl)cc1I. The molecule has 1 atom stereocenters. The van der Waals surface area contributed by atoms with Gasteiger partial charge in [-0.2, -0.15) is 0 Å². The number of hydrogen-bond donors (Lipinski definition) is 2. The third-order valence-electron chi connectivity index (χ3n) is 2.19. The molecule has 88 valence electrons. The van der Waals surface area contributed by atoms with Gasteiger partial charge in [-0.05, 0) is 47.1 Å². The molecular formula is C11H12ClIO3. The van der Waals surface area contributed by atoms with Crippen molar-refractivity contribution in [3.05, 3.63) is 32.9 Å². The van der Waals surface area contributed by atoms with Crippen molar-refractivity contribution in [1.82, 2.24) is 0 Å². The zero-order valence-corrected chi connectivity index (χ0v) is 11.4. The van der Waals surface area contributed by atoms with E-state index in [1.54, 1.807) is 6.07 Å². The average molecular weight is 355 g/mol. The van der Waals surface area contributed by atoms with Gasteiger partial charge in [-0.1, -0.05) is 12.1 Å². The lowest BCUT2D eigenvalue weighted by molar-refractivity contribution is -0.147. The number of alkyl halides is 1. The fraction of sp³-hybridized carbons (Fsp3) is 0.364. The molecule has 0 spiro atoms. The molecule has 1 aromatic carbocycles. The van der Waals surface area contributed by atoms with E-state index in [9.17, 15) is 9.90 Å². The molecule has 0 bridgehead atoms. The normalized spacial score (nSPS) is 12.4. The zero-order chi connectivity index (χ0) is 12.1. The number of benzene rings is 1. The molecule has 1 unspecified atom stereocenters. The summed E-state index contributed by atoms with van der Waals surface area (Å²) in [7, 11) is 0. The Morgan fingerprint density at radius 2 is 2.19 bits per heavy atom. The van der Waals surface area contributed by atoms with Crippen LogP contribution in [0.5, 0.6) is 0 Å². The molecule has 0 aromatic heterocycles. The van der Waals surface area contributed by atoms with Crippen LogP contribution in [0.2, 0.25) is 0 Å². The Labute approximate surface area is 113 Å². The molecule has 0 aliphatic heterocycles. The number of rotatable bonds is 5. The first kappa shape index (κ1) is 13.7. The Morgan fingerprint density at radius 1 is 1.50 bits per heavy atom. The van der Waals surface area contributed by atoms with Crippen molar-refractivity contribution < 1.29 is 15.0 Å². The highest BCUT2D eigenvalue weighted by Gasteiger charge is 2.18. The second-order valence-corrected chi connectivity index (χ2v) is 4.93. The van der Waals surface area contributed by atoms with Crippen molar-refractivity contribution in [1.29, 1.82) is 0 Å². The lowest BCUT2D eigenvalue weighted by Crippen LogP contribution is -2.12. The van der Waals surface area contributed by atoms with Crippen molar-refractivity contribution >= 4 is 40.2 Å². The van der Waals surface area contributed by atoms with Gasteiger partial charge >= 0.3 is 5.97 Å². The van der Waals surface area contributed by atoms with Crippen LogP contribution in [0.3, 0.4) is 0 Å². The maximum atomic E-state index is 10.6. The topological polar surface area (TPSA) is 57.5 Å². The van der Waals surface area contributed by atoms with E-state index < -0.39 is 12.1 Å². The monoisotopic (exact) mass is 354 g/mol. The predicted octanol–water partition coefficient (Wildman–Crippen LogP) is 2.58.